The lowest BCUT2D eigenvalue weighted by Crippen LogP contribution is -2.22. The molecule has 4 heteroatoms. The quantitative estimate of drug-likeness (QED) is 0.645. The van der Waals surface area contributed by atoms with E-state index in [1.807, 2.05) is 41.0 Å². The highest BCUT2D eigenvalue weighted by atomic mass is 16.1. The lowest BCUT2D eigenvalue weighted by atomic mass is 10.0. The van der Waals surface area contributed by atoms with Crippen LogP contribution in [0.4, 0.5) is 11.4 Å². The molecule has 0 saturated heterocycles. The van der Waals surface area contributed by atoms with Gasteiger partial charge in [0.2, 0.25) is 0 Å². The van der Waals surface area contributed by atoms with Crippen molar-refractivity contribution >= 4 is 22.4 Å². The molecule has 3 aromatic rings. The third-order valence-electron chi connectivity index (χ3n) is 5.37. The second-order valence-electron chi connectivity index (χ2n) is 7.29. The van der Waals surface area contributed by atoms with Crippen LogP contribution in [0.2, 0.25) is 0 Å². The molecule has 0 amide bonds. The van der Waals surface area contributed by atoms with E-state index >= 15 is 0 Å². The Morgan fingerprint density at radius 3 is 2.68 bits per heavy atom. The molecule has 2 aromatic carbocycles. The molecule has 4 nitrogen and oxygen atoms in total. The van der Waals surface area contributed by atoms with Gasteiger partial charge in [0.1, 0.15) is 0 Å². The fourth-order valence-electron chi connectivity index (χ4n) is 3.99. The van der Waals surface area contributed by atoms with Crippen LogP contribution in [-0.2, 0) is 0 Å². The van der Waals surface area contributed by atoms with E-state index in [-0.39, 0.29) is 5.69 Å². The Kier molecular flexibility index (Phi) is 4.35. The topological polar surface area (TPSA) is 49.8 Å². The highest BCUT2D eigenvalue weighted by Gasteiger charge is 2.21. The number of hydrogen-bond donors (Lipinski definition) is 2. The molecular formula is C21H25N3O. The van der Waals surface area contributed by atoms with Crippen molar-refractivity contribution in [3.63, 3.8) is 0 Å². The number of nitrogens with one attached hydrogen (secondary N) is 2. The number of nitrogens with zero attached hydrogens (tertiary/aromatic N) is 1. The second-order valence-corrected chi connectivity index (χ2v) is 7.29. The zero-order chi connectivity index (χ0) is 17.2. The molecule has 25 heavy (non-hydrogen) atoms. The van der Waals surface area contributed by atoms with Crippen molar-refractivity contribution in [1.82, 2.24) is 9.55 Å². The summed E-state index contributed by atoms with van der Waals surface area (Å²) in [5.74, 6) is 0.771. The maximum atomic E-state index is 12.6. The summed E-state index contributed by atoms with van der Waals surface area (Å²) in [4.78, 5) is 15.6. The number of aromatic amines is 1. The molecule has 1 aliphatic carbocycles. The smallest absolute Gasteiger partial charge is 0.326 e. The maximum Gasteiger partial charge on any atom is 0.326 e. The summed E-state index contributed by atoms with van der Waals surface area (Å²) in [5.41, 5.74) is 3.97. The number of anilines is 2. The van der Waals surface area contributed by atoms with Crippen LogP contribution in [0.25, 0.3) is 11.0 Å². The average Bonchev–Trinajstić information content (AvgIpc) is 2.78. The standard InChI is InChI=1S/C21H25N3O/c1-15-6-5-9-18(12-10-15)24-20-13-11-17(14-19(20)23-21(24)25)22-16-7-3-2-4-8-16/h2-4,7-8,11,13-15,18,22H,5-6,9-10,12H2,1H3,(H,23,25). The van der Waals surface area contributed by atoms with E-state index in [0.717, 1.165) is 41.2 Å². The summed E-state index contributed by atoms with van der Waals surface area (Å²) < 4.78 is 1.99. The highest BCUT2D eigenvalue weighted by Crippen LogP contribution is 2.32. The van der Waals surface area contributed by atoms with Gasteiger partial charge in [-0.05, 0) is 55.5 Å². The molecule has 1 heterocycles. The molecule has 1 saturated carbocycles. The minimum atomic E-state index is 0.0198. The third-order valence-corrected chi connectivity index (χ3v) is 5.37. The zero-order valence-electron chi connectivity index (χ0n) is 14.7. The van der Waals surface area contributed by atoms with Crippen LogP contribution in [0.5, 0.6) is 0 Å². The van der Waals surface area contributed by atoms with Crippen molar-refractivity contribution in [2.24, 2.45) is 5.92 Å². The summed E-state index contributed by atoms with van der Waals surface area (Å²) in [5, 5.41) is 3.39. The first-order chi connectivity index (χ1) is 12.2. The molecule has 1 aliphatic rings. The Hall–Kier alpha value is -2.49. The van der Waals surface area contributed by atoms with Crippen LogP contribution in [0.3, 0.4) is 0 Å². The monoisotopic (exact) mass is 335 g/mol. The Bertz CT molecular complexity index is 910. The van der Waals surface area contributed by atoms with Crippen molar-refractivity contribution < 1.29 is 0 Å². The normalized spacial score (nSPS) is 21.2. The number of aromatic nitrogens is 2. The summed E-state index contributed by atoms with van der Waals surface area (Å²) in [6.45, 7) is 2.32. The van der Waals surface area contributed by atoms with Gasteiger partial charge in [0.05, 0.1) is 11.0 Å². The number of rotatable bonds is 3. The molecule has 0 aliphatic heterocycles. The molecule has 2 atom stereocenters. The number of benzene rings is 2. The highest BCUT2D eigenvalue weighted by molar-refractivity contribution is 5.81. The van der Waals surface area contributed by atoms with E-state index in [9.17, 15) is 4.79 Å². The van der Waals surface area contributed by atoms with Gasteiger partial charge in [0.15, 0.2) is 0 Å². The zero-order valence-corrected chi connectivity index (χ0v) is 14.7. The minimum absolute atomic E-state index is 0.0198. The molecule has 130 valence electrons. The molecule has 2 N–H and O–H groups in total. The third kappa shape index (κ3) is 3.34. The first-order valence-corrected chi connectivity index (χ1v) is 9.27. The van der Waals surface area contributed by atoms with E-state index in [1.165, 1.54) is 19.3 Å². The SMILES string of the molecule is CC1CCCC(n2c(=O)[nH]c3cc(Nc4ccccc4)ccc32)CC1. The molecule has 0 radical (unpaired) electrons. The van der Waals surface area contributed by atoms with Crippen molar-refractivity contribution in [3.8, 4) is 0 Å². The lowest BCUT2D eigenvalue weighted by Gasteiger charge is -2.16. The minimum Gasteiger partial charge on any atom is -0.355 e. The predicted molar refractivity (Wildman–Crippen MR) is 104 cm³/mol. The van der Waals surface area contributed by atoms with Crippen molar-refractivity contribution in [2.75, 3.05) is 5.32 Å². The van der Waals surface area contributed by atoms with E-state index in [0.29, 0.717) is 6.04 Å². The van der Waals surface area contributed by atoms with E-state index < -0.39 is 0 Å². The van der Waals surface area contributed by atoms with Gasteiger partial charge in [0.25, 0.3) is 0 Å². The summed E-state index contributed by atoms with van der Waals surface area (Å²) in [7, 11) is 0. The molecule has 0 bridgehead atoms. The summed E-state index contributed by atoms with van der Waals surface area (Å²) in [6.07, 6.45) is 5.88. The Morgan fingerprint density at radius 1 is 1.00 bits per heavy atom. The van der Waals surface area contributed by atoms with Gasteiger partial charge in [-0.2, -0.15) is 0 Å². The second kappa shape index (κ2) is 6.79. The molecule has 1 fully saturated rings. The molecule has 4 rings (SSSR count). The van der Waals surface area contributed by atoms with Gasteiger partial charge < -0.3 is 10.3 Å². The number of imidazole rings is 1. The van der Waals surface area contributed by atoms with Crippen LogP contribution in [-0.4, -0.2) is 9.55 Å². The fourth-order valence-corrected chi connectivity index (χ4v) is 3.99. The Balaban J connectivity index is 1.65. The predicted octanol–water partition coefficient (Wildman–Crippen LogP) is 5.21. The van der Waals surface area contributed by atoms with Crippen molar-refractivity contribution in [3.05, 3.63) is 59.0 Å². The van der Waals surface area contributed by atoms with Gasteiger partial charge in [-0.25, -0.2) is 4.79 Å². The van der Waals surface area contributed by atoms with Crippen LogP contribution < -0.4 is 11.0 Å². The summed E-state index contributed by atoms with van der Waals surface area (Å²) >= 11 is 0. The first kappa shape index (κ1) is 16.0. The van der Waals surface area contributed by atoms with E-state index in [4.69, 9.17) is 0 Å². The Labute approximate surface area is 147 Å². The average molecular weight is 335 g/mol. The summed E-state index contributed by atoms with van der Waals surface area (Å²) in [6, 6.07) is 16.5. The van der Waals surface area contributed by atoms with Crippen molar-refractivity contribution in [1.29, 1.82) is 0 Å². The number of fused-ring (bicyclic) bond motifs is 1. The van der Waals surface area contributed by atoms with Gasteiger partial charge in [-0.15, -0.1) is 0 Å². The van der Waals surface area contributed by atoms with Crippen LogP contribution >= 0.6 is 0 Å². The van der Waals surface area contributed by atoms with E-state index in [1.54, 1.807) is 0 Å². The number of hydrogen-bond acceptors (Lipinski definition) is 2. The number of para-hydroxylation sites is 1. The molecule has 2 unspecified atom stereocenters. The maximum absolute atomic E-state index is 12.6. The first-order valence-electron chi connectivity index (χ1n) is 9.27. The van der Waals surface area contributed by atoms with Crippen molar-refractivity contribution in [2.45, 2.75) is 45.1 Å². The van der Waals surface area contributed by atoms with Crippen LogP contribution in [0.15, 0.2) is 53.3 Å². The largest absolute Gasteiger partial charge is 0.355 e. The number of H-pyrrole nitrogens is 1. The van der Waals surface area contributed by atoms with Gasteiger partial charge >= 0.3 is 5.69 Å². The van der Waals surface area contributed by atoms with Gasteiger partial charge in [0, 0.05) is 17.4 Å². The molecular weight excluding hydrogens is 310 g/mol. The molecule has 0 spiro atoms. The Morgan fingerprint density at radius 2 is 1.84 bits per heavy atom. The lowest BCUT2D eigenvalue weighted by molar-refractivity contribution is 0.433. The van der Waals surface area contributed by atoms with Crippen LogP contribution in [0.1, 0.15) is 45.1 Å². The van der Waals surface area contributed by atoms with Gasteiger partial charge in [-0.1, -0.05) is 38.0 Å². The molecule has 1 aromatic heterocycles. The van der Waals surface area contributed by atoms with Crippen LogP contribution in [0, 0.1) is 5.92 Å². The van der Waals surface area contributed by atoms with E-state index in [2.05, 4.69) is 29.4 Å². The van der Waals surface area contributed by atoms with Gasteiger partial charge in [-0.3, -0.25) is 4.57 Å². The fraction of sp³-hybridized carbons (Fsp3) is 0.381.